The van der Waals surface area contributed by atoms with Crippen molar-refractivity contribution < 1.29 is 14.3 Å². The van der Waals surface area contributed by atoms with Crippen LogP contribution in [0, 0.1) is 0 Å². The van der Waals surface area contributed by atoms with Crippen LogP contribution in [-0.4, -0.2) is 61.0 Å². The van der Waals surface area contributed by atoms with Gasteiger partial charge >= 0.3 is 0 Å². The number of carbonyl (C=O) groups excluding carboxylic acids is 2. The number of amides is 2. The number of hydrogen-bond acceptors (Lipinski definition) is 3. The summed E-state index contributed by atoms with van der Waals surface area (Å²) in [6.07, 6.45) is 3.68. The number of methoxy groups -OCH3 is 1. The number of ether oxygens (including phenoxy) is 1. The number of benzene rings is 1. The quantitative estimate of drug-likeness (QED) is 0.651. The van der Waals surface area contributed by atoms with E-state index in [4.69, 9.17) is 4.74 Å². The highest BCUT2D eigenvalue weighted by molar-refractivity contribution is 5.95. The van der Waals surface area contributed by atoms with Gasteiger partial charge in [0.15, 0.2) is 0 Å². The summed E-state index contributed by atoms with van der Waals surface area (Å²) in [5.41, 5.74) is 1.08. The Balaban J connectivity index is 2.14. The molecule has 24 heavy (non-hydrogen) atoms. The summed E-state index contributed by atoms with van der Waals surface area (Å²) in [7, 11) is 1.61. The topological polar surface area (TPSA) is 49.9 Å². The first-order chi connectivity index (χ1) is 11.7. The first-order valence-electron chi connectivity index (χ1n) is 8.78. The van der Waals surface area contributed by atoms with E-state index in [2.05, 4.69) is 6.92 Å². The van der Waals surface area contributed by atoms with Crippen molar-refractivity contribution in [1.29, 1.82) is 0 Å². The van der Waals surface area contributed by atoms with Gasteiger partial charge in [0.05, 0.1) is 13.2 Å². The Kier molecular flexibility index (Phi) is 7.25. The van der Waals surface area contributed by atoms with Crippen molar-refractivity contribution in [2.24, 2.45) is 0 Å². The Morgan fingerprint density at radius 3 is 2.54 bits per heavy atom. The van der Waals surface area contributed by atoms with Crippen LogP contribution in [0.4, 0.5) is 0 Å². The maximum Gasteiger partial charge on any atom is 0.246 e. The van der Waals surface area contributed by atoms with Gasteiger partial charge in [-0.15, -0.1) is 0 Å². The molecular weight excluding hydrogens is 304 g/mol. The molecule has 1 saturated heterocycles. The first kappa shape index (κ1) is 18.5. The summed E-state index contributed by atoms with van der Waals surface area (Å²) in [4.78, 5) is 28.9. The lowest BCUT2D eigenvalue weighted by molar-refractivity contribution is -0.156. The van der Waals surface area contributed by atoms with Gasteiger partial charge in [-0.2, -0.15) is 0 Å². The number of nitrogens with zero attached hydrogens (tertiary/aromatic N) is 2. The number of piperazine rings is 1. The highest BCUT2D eigenvalue weighted by Gasteiger charge is 2.38. The molecule has 0 bridgehead atoms. The SMILES string of the molecule is CCCCCN1C(=O)CN(CCOC)C(=O)[C@H]1Cc1ccccc1. The molecule has 0 saturated carbocycles. The van der Waals surface area contributed by atoms with Gasteiger partial charge in [0.25, 0.3) is 0 Å². The highest BCUT2D eigenvalue weighted by atomic mass is 16.5. The summed E-state index contributed by atoms with van der Waals surface area (Å²) in [6, 6.07) is 9.51. The van der Waals surface area contributed by atoms with Crippen LogP contribution in [0.15, 0.2) is 30.3 Å². The predicted molar refractivity (Wildman–Crippen MR) is 93.6 cm³/mol. The first-order valence-corrected chi connectivity index (χ1v) is 8.78. The van der Waals surface area contributed by atoms with Crippen molar-refractivity contribution in [1.82, 2.24) is 9.80 Å². The van der Waals surface area contributed by atoms with Gasteiger partial charge in [-0.1, -0.05) is 50.1 Å². The molecule has 0 unspecified atom stereocenters. The number of unbranched alkanes of at least 4 members (excludes halogenated alkanes) is 2. The fourth-order valence-corrected chi connectivity index (χ4v) is 3.09. The smallest absolute Gasteiger partial charge is 0.246 e. The number of hydrogen-bond donors (Lipinski definition) is 0. The molecule has 0 aromatic heterocycles. The molecule has 1 atom stereocenters. The van der Waals surface area contributed by atoms with Gasteiger partial charge in [-0.3, -0.25) is 9.59 Å². The molecule has 0 spiro atoms. The van der Waals surface area contributed by atoms with Crippen LogP contribution in [0.3, 0.4) is 0 Å². The molecule has 5 heteroatoms. The second-order valence-electron chi connectivity index (χ2n) is 6.25. The summed E-state index contributed by atoms with van der Waals surface area (Å²) in [6.45, 7) is 3.88. The van der Waals surface area contributed by atoms with Crippen molar-refractivity contribution >= 4 is 11.8 Å². The zero-order valence-electron chi connectivity index (χ0n) is 14.7. The normalized spacial score (nSPS) is 18.3. The Hall–Kier alpha value is -1.88. The molecule has 1 aromatic rings. The Bertz CT molecular complexity index is 533. The van der Waals surface area contributed by atoms with Gasteiger partial charge in [0.1, 0.15) is 6.04 Å². The molecule has 0 radical (unpaired) electrons. The van der Waals surface area contributed by atoms with Gasteiger partial charge in [0.2, 0.25) is 11.8 Å². The van der Waals surface area contributed by atoms with Crippen LogP contribution in [0.2, 0.25) is 0 Å². The Morgan fingerprint density at radius 2 is 1.88 bits per heavy atom. The largest absolute Gasteiger partial charge is 0.383 e. The third-order valence-corrected chi connectivity index (χ3v) is 4.46. The Morgan fingerprint density at radius 1 is 1.12 bits per heavy atom. The van der Waals surface area contributed by atoms with Crippen molar-refractivity contribution in [2.45, 2.75) is 38.6 Å². The van der Waals surface area contributed by atoms with Crippen molar-refractivity contribution in [2.75, 3.05) is 33.4 Å². The van der Waals surface area contributed by atoms with Crippen molar-refractivity contribution in [3.8, 4) is 0 Å². The van der Waals surface area contributed by atoms with Crippen LogP contribution in [0.25, 0.3) is 0 Å². The molecular formula is C19H28N2O3. The van der Waals surface area contributed by atoms with E-state index in [1.807, 2.05) is 30.3 Å². The molecule has 5 nitrogen and oxygen atoms in total. The minimum absolute atomic E-state index is 0.0343. The summed E-state index contributed by atoms with van der Waals surface area (Å²) >= 11 is 0. The van der Waals surface area contributed by atoms with E-state index >= 15 is 0 Å². The average Bonchev–Trinajstić information content (AvgIpc) is 2.60. The molecule has 2 rings (SSSR count). The second-order valence-corrected chi connectivity index (χ2v) is 6.25. The van der Waals surface area contributed by atoms with E-state index in [0.29, 0.717) is 26.1 Å². The van der Waals surface area contributed by atoms with Crippen LogP contribution in [0.5, 0.6) is 0 Å². The third kappa shape index (κ3) is 4.81. The third-order valence-electron chi connectivity index (χ3n) is 4.46. The summed E-state index contributed by atoms with van der Waals surface area (Å²) in [5, 5.41) is 0. The van der Waals surface area contributed by atoms with Crippen LogP contribution in [0.1, 0.15) is 31.7 Å². The molecule has 1 fully saturated rings. The number of carbonyl (C=O) groups is 2. The van der Waals surface area contributed by atoms with E-state index < -0.39 is 6.04 Å². The standard InChI is InChI=1S/C19H28N2O3/c1-3-4-8-11-21-17(14-16-9-6-5-7-10-16)19(23)20(12-13-24-2)15-18(21)22/h5-7,9-10,17H,3-4,8,11-15H2,1-2H3/t17-/m1/s1. The van der Waals surface area contributed by atoms with E-state index in [1.165, 1.54) is 0 Å². The van der Waals surface area contributed by atoms with Crippen molar-refractivity contribution in [3.05, 3.63) is 35.9 Å². The van der Waals surface area contributed by atoms with Crippen molar-refractivity contribution in [3.63, 3.8) is 0 Å². The predicted octanol–water partition coefficient (Wildman–Crippen LogP) is 2.11. The summed E-state index contributed by atoms with van der Waals surface area (Å²) < 4.78 is 5.07. The maximum atomic E-state index is 12.9. The zero-order valence-corrected chi connectivity index (χ0v) is 14.7. The molecule has 1 aliphatic rings. The maximum absolute atomic E-state index is 12.9. The zero-order chi connectivity index (χ0) is 17.4. The molecule has 132 valence electrons. The molecule has 0 N–H and O–H groups in total. The molecule has 0 aliphatic carbocycles. The van der Waals surface area contributed by atoms with Gasteiger partial charge in [-0.25, -0.2) is 0 Å². The molecule has 1 heterocycles. The van der Waals surface area contributed by atoms with Crippen LogP contribution in [-0.2, 0) is 20.7 Å². The fourth-order valence-electron chi connectivity index (χ4n) is 3.09. The number of rotatable bonds is 9. The van der Waals surface area contributed by atoms with Gasteiger partial charge < -0.3 is 14.5 Å². The molecule has 2 amide bonds. The van der Waals surface area contributed by atoms with Gasteiger partial charge in [0, 0.05) is 26.6 Å². The van der Waals surface area contributed by atoms with Crippen LogP contribution < -0.4 is 0 Å². The highest BCUT2D eigenvalue weighted by Crippen LogP contribution is 2.18. The van der Waals surface area contributed by atoms with Gasteiger partial charge in [-0.05, 0) is 12.0 Å². The monoisotopic (exact) mass is 332 g/mol. The minimum atomic E-state index is -0.401. The fraction of sp³-hybridized carbons (Fsp3) is 0.579. The molecule has 1 aliphatic heterocycles. The Labute approximate surface area is 144 Å². The van der Waals surface area contributed by atoms with E-state index in [0.717, 1.165) is 24.8 Å². The van der Waals surface area contributed by atoms with E-state index in [-0.39, 0.29) is 18.4 Å². The minimum Gasteiger partial charge on any atom is -0.383 e. The average molecular weight is 332 g/mol. The second kappa shape index (κ2) is 9.42. The lowest BCUT2D eigenvalue weighted by Gasteiger charge is -2.40. The lowest BCUT2D eigenvalue weighted by Crippen LogP contribution is -2.61. The van der Waals surface area contributed by atoms with E-state index in [9.17, 15) is 9.59 Å². The van der Waals surface area contributed by atoms with E-state index in [1.54, 1.807) is 16.9 Å². The molecule has 1 aromatic carbocycles. The van der Waals surface area contributed by atoms with Crippen LogP contribution >= 0.6 is 0 Å². The lowest BCUT2D eigenvalue weighted by atomic mass is 10.0. The summed E-state index contributed by atoms with van der Waals surface area (Å²) in [5.74, 6) is 0.0785.